The van der Waals surface area contributed by atoms with E-state index in [1.54, 1.807) is 13.0 Å². The van der Waals surface area contributed by atoms with Crippen molar-refractivity contribution in [1.29, 1.82) is 0 Å². The summed E-state index contributed by atoms with van der Waals surface area (Å²) in [4.78, 5) is 26.2. The summed E-state index contributed by atoms with van der Waals surface area (Å²) in [5, 5.41) is 21.6. The fourth-order valence-electron chi connectivity index (χ4n) is 3.22. The van der Waals surface area contributed by atoms with Crippen molar-refractivity contribution in [3.63, 3.8) is 0 Å². The van der Waals surface area contributed by atoms with E-state index in [2.05, 4.69) is 25.3 Å². The normalized spacial score (nSPS) is 11.2. The highest BCUT2D eigenvalue weighted by Crippen LogP contribution is 2.29. The minimum Gasteiger partial charge on any atom is -0.494 e. The molecular formula is C22H19F4N5O4. The lowest BCUT2D eigenvalue weighted by Crippen LogP contribution is -2.21. The molecule has 35 heavy (non-hydrogen) atoms. The zero-order chi connectivity index (χ0) is 26.1. The van der Waals surface area contributed by atoms with Gasteiger partial charge in [0.2, 0.25) is 17.8 Å². The average molecular weight is 493 g/mol. The molecule has 0 saturated heterocycles. The SMILES string of the molecule is COc1cc2c(C)nc(Nc3nc(O)c4cc(C)cc(C)c4n3)nc2cc1F.O=C(O)C(F)(F)F. The molecule has 0 amide bonds. The van der Waals surface area contributed by atoms with Crippen LogP contribution in [0.4, 0.5) is 29.5 Å². The lowest BCUT2D eigenvalue weighted by Gasteiger charge is -2.11. The number of rotatable bonds is 3. The largest absolute Gasteiger partial charge is 0.494 e. The Morgan fingerprint density at radius 1 is 0.971 bits per heavy atom. The molecular weight excluding hydrogens is 474 g/mol. The van der Waals surface area contributed by atoms with Crippen LogP contribution in [0.3, 0.4) is 0 Å². The van der Waals surface area contributed by atoms with E-state index in [0.29, 0.717) is 27.5 Å². The van der Waals surface area contributed by atoms with Gasteiger partial charge in [-0.15, -0.1) is 0 Å². The van der Waals surface area contributed by atoms with Crippen LogP contribution in [0.25, 0.3) is 21.8 Å². The molecule has 0 bridgehead atoms. The number of carbonyl (C=O) groups is 1. The molecule has 9 nitrogen and oxygen atoms in total. The number of ether oxygens (including phenoxy) is 1. The second-order valence-corrected chi connectivity index (χ2v) is 7.41. The monoisotopic (exact) mass is 493 g/mol. The fraction of sp³-hybridized carbons (Fsp3) is 0.227. The van der Waals surface area contributed by atoms with E-state index in [-0.39, 0.29) is 23.5 Å². The molecule has 2 aromatic carbocycles. The van der Waals surface area contributed by atoms with Crippen LogP contribution in [-0.4, -0.2) is 49.4 Å². The van der Waals surface area contributed by atoms with Gasteiger partial charge in [0.1, 0.15) is 0 Å². The summed E-state index contributed by atoms with van der Waals surface area (Å²) in [5.74, 6) is -2.90. The van der Waals surface area contributed by atoms with E-state index < -0.39 is 18.0 Å². The van der Waals surface area contributed by atoms with Gasteiger partial charge in [-0.1, -0.05) is 6.07 Å². The molecule has 0 aliphatic rings. The predicted octanol–water partition coefficient (Wildman–Crippen LogP) is 4.73. The molecule has 0 aliphatic carbocycles. The van der Waals surface area contributed by atoms with E-state index >= 15 is 0 Å². The van der Waals surface area contributed by atoms with Crippen LogP contribution in [0.2, 0.25) is 0 Å². The van der Waals surface area contributed by atoms with E-state index in [0.717, 1.165) is 11.1 Å². The maximum absolute atomic E-state index is 14.1. The smallest absolute Gasteiger partial charge is 0.490 e. The Kier molecular flexibility index (Phi) is 6.89. The molecule has 4 aromatic rings. The van der Waals surface area contributed by atoms with Crippen LogP contribution in [-0.2, 0) is 4.79 Å². The van der Waals surface area contributed by atoms with Crippen molar-refractivity contribution in [2.75, 3.05) is 12.4 Å². The fourth-order valence-corrected chi connectivity index (χ4v) is 3.22. The average Bonchev–Trinajstić information content (AvgIpc) is 2.74. The zero-order valence-corrected chi connectivity index (χ0v) is 18.8. The van der Waals surface area contributed by atoms with Gasteiger partial charge in [-0.2, -0.15) is 18.2 Å². The molecule has 0 fully saturated rings. The van der Waals surface area contributed by atoms with E-state index in [1.807, 2.05) is 26.0 Å². The quantitative estimate of drug-likeness (QED) is 0.347. The first-order valence-electron chi connectivity index (χ1n) is 9.87. The van der Waals surface area contributed by atoms with Crippen LogP contribution in [0.5, 0.6) is 11.6 Å². The zero-order valence-electron chi connectivity index (χ0n) is 18.8. The molecule has 2 heterocycles. The van der Waals surface area contributed by atoms with Crippen LogP contribution in [0.15, 0.2) is 24.3 Å². The molecule has 0 saturated carbocycles. The number of carboxylic acids is 1. The van der Waals surface area contributed by atoms with Gasteiger partial charge < -0.3 is 14.9 Å². The summed E-state index contributed by atoms with van der Waals surface area (Å²) in [5.41, 5.74) is 3.62. The van der Waals surface area contributed by atoms with Crippen molar-refractivity contribution in [1.82, 2.24) is 19.9 Å². The summed E-state index contributed by atoms with van der Waals surface area (Å²) in [6, 6.07) is 6.66. The lowest BCUT2D eigenvalue weighted by atomic mass is 10.1. The molecule has 0 atom stereocenters. The van der Waals surface area contributed by atoms with Crippen molar-refractivity contribution in [3.05, 3.63) is 46.9 Å². The first kappa shape index (κ1) is 25.3. The first-order chi connectivity index (χ1) is 16.3. The molecule has 0 aliphatic heterocycles. The summed E-state index contributed by atoms with van der Waals surface area (Å²) in [7, 11) is 1.41. The molecule has 13 heteroatoms. The highest BCUT2D eigenvalue weighted by atomic mass is 19.4. The minimum atomic E-state index is -5.08. The first-order valence-corrected chi connectivity index (χ1v) is 9.87. The van der Waals surface area contributed by atoms with Gasteiger partial charge in [0, 0.05) is 11.5 Å². The van der Waals surface area contributed by atoms with Gasteiger partial charge in [0.05, 0.1) is 29.2 Å². The predicted molar refractivity (Wildman–Crippen MR) is 118 cm³/mol. The minimum absolute atomic E-state index is 0.132. The number of carboxylic acid groups (broad SMARTS) is 1. The Morgan fingerprint density at radius 2 is 1.60 bits per heavy atom. The number of aromatic nitrogens is 4. The van der Waals surface area contributed by atoms with E-state index in [1.165, 1.54) is 13.2 Å². The van der Waals surface area contributed by atoms with Crippen molar-refractivity contribution < 1.29 is 37.3 Å². The Bertz CT molecular complexity index is 1440. The number of halogens is 4. The second-order valence-electron chi connectivity index (χ2n) is 7.41. The lowest BCUT2D eigenvalue weighted by molar-refractivity contribution is -0.192. The maximum atomic E-state index is 14.1. The Morgan fingerprint density at radius 3 is 2.20 bits per heavy atom. The number of aromatic hydroxyl groups is 1. The van der Waals surface area contributed by atoms with Crippen molar-refractivity contribution in [2.45, 2.75) is 26.9 Å². The number of nitrogens with zero attached hydrogens (tertiary/aromatic N) is 4. The highest BCUT2D eigenvalue weighted by molar-refractivity contribution is 5.88. The summed E-state index contributed by atoms with van der Waals surface area (Å²) < 4.78 is 50.8. The number of nitrogens with one attached hydrogen (secondary N) is 1. The number of alkyl halides is 3. The third-order valence-corrected chi connectivity index (χ3v) is 4.74. The van der Waals surface area contributed by atoms with Gasteiger partial charge in [-0.3, -0.25) is 5.32 Å². The van der Waals surface area contributed by atoms with Crippen molar-refractivity contribution in [3.8, 4) is 11.6 Å². The van der Waals surface area contributed by atoms with Crippen molar-refractivity contribution in [2.24, 2.45) is 0 Å². The van der Waals surface area contributed by atoms with Crippen LogP contribution >= 0.6 is 0 Å². The van der Waals surface area contributed by atoms with Gasteiger partial charge in [0.25, 0.3) is 0 Å². The van der Waals surface area contributed by atoms with Crippen LogP contribution in [0, 0.1) is 26.6 Å². The summed E-state index contributed by atoms with van der Waals surface area (Å²) >= 11 is 0. The number of hydrogen-bond acceptors (Lipinski definition) is 8. The topological polar surface area (TPSA) is 130 Å². The van der Waals surface area contributed by atoms with Crippen LogP contribution in [0.1, 0.15) is 16.8 Å². The van der Waals surface area contributed by atoms with Gasteiger partial charge >= 0.3 is 12.1 Å². The van der Waals surface area contributed by atoms with Gasteiger partial charge in [-0.25, -0.2) is 24.1 Å². The molecule has 4 rings (SSSR count). The van der Waals surface area contributed by atoms with Crippen LogP contribution < -0.4 is 10.1 Å². The molecule has 0 spiro atoms. The third kappa shape index (κ3) is 5.62. The molecule has 2 aromatic heterocycles. The second kappa shape index (κ2) is 9.52. The number of aryl methyl sites for hydroxylation is 3. The number of anilines is 2. The number of hydrogen-bond donors (Lipinski definition) is 3. The number of methoxy groups -OCH3 is 1. The molecule has 0 unspecified atom stereocenters. The van der Waals surface area contributed by atoms with E-state index in [9.17, 15) is 22.7 Å². The number of fused-ring (bicyclic) bond motifs is 2. The summed E-state index contributed by atoms with van der Waals surface area (Å²) in [6.07, 6.45) is -5.08. The Labute approximate surface area is 195 Å². The standard InChI is InChI=1S/C20H18FN5O2.C2HF3O2/c1-9-5-10(2)17-13(6-9)18(27)25-20(24-17)26-19-22-11(3)12-7-16(28-4)14(21)8-15(12)23-19;3-2(4,5)1(6)7/h5-8H,1-4H3,(H2,22,23,24,25,26,27);(H,6,7). The van der Waals surface area contributed by atoms with Gasteiger partial charge in [0.15, 0.2) is 11.6 Å². The van der Waals surface area contributed by atoms with E-state index in [4.69, 9.17) is 14.6 Å². The Hall–Kier alpha value is -4.29. The van der Waals surface area contributed by atoms with Gasteiger partial charge in [-0.05, 0) is 44.0 Å². The summed E-state index contributed by atoms with van der Waals surface area (Å²) in [6.45, 7) is 5.65. The number of aliphatic carboxylic acids is 1. The Balaban J connectivity index is 0.000000429. The maximum Gasteiger partial charge on any atom is 0.490 e. The molecule has 0 radical (unpaired) electrons. The molecule has 184 valence electrons. The molecule has 3 N–H and O–H groups in total. The highest BCUT2D eigenvalue weighted by Gasteiger charge is 2.38. The number of benzene rings is 2. The van der Waals surface area contributed by atoms with Crippen molar-refractivity contribution >= 4 is 39.7 Å². The third-order valence-electron chi connectivity index (χ3n) is 4.74.